The molecule has 0 atom stereocenters. The summed E-state index contributed by atoms with van der Waals surface area (Å²) in [6.07, 6.45) is -5.02. The van der Waals surface area contributed by atoms with Crippen LogP contribution in [-0.2, 0) is 10.9 Å². The van der Waals surface area contributed by atoms with E-state index in [1.807, 2.05) is 0 Å². The van der Waals surface area contributed by atoms with Crippen LogP contribution in [0, 0.1) is 13.7 Å². The molecule has 0 saturated heterocycles. The summed E-state index contributed by atoms with van der Waals surface area (Å²) in [6.45, 7) is 0. The van der Waals surface area contributed by atoms with E-state index in [0.29, 0.717) is 0 Å². The maximum Gasteiger partial charge on any atom is 0.423 e. The van der Waals surface area contributed by atoms with Crippen LogP contribution in [0.4, 0.5) is 18.9 Å². The molecule has 0 aliphatic rings. The predicted octanol–water partition coefficient (Wildman–Crippen LogP) is 3.00. The van der Waals surface area contributed by atoms with E-state index in [2.05, 4.69) is 4.74 Å². The van der Waals surface area contributed by atoms with E-state index in [0.717, 1.165) is 19.2 Å². The largest absolute Gasteiger partial charge is 0.465 e. The van der Waals surface area contributed by atoms with Crippen LogP contribution >= 0.6 is 22.6 Å². The number of nitrogens with zero attached hydrogens (tertiary/aromatic N) is 1. The van der Waals surface area contributed by atoms with Crippen molar-refractivity contribution in [2.24, 2.45) is 0 Å². The van der Waals surface area contributed by atoms with Crippen LogP contribution in [-0.4, -0.2) is 18.0 Å². The van der Waals surface area contributed by atoms with Gasteiger partial charge in [0.25, 0.3) is 5.69 Å². The molecular formula is C9H5F3INO4. The highest BCUT2D eigenvalue weighted by Crippen LogP contribution is 2.41. The Morgan fingerprint density at radius 2 is 2.00 bits per heavy atom. The van der Waals surface area contributed by atoms with Crippen molar-refractivity contribution in [1.29, 1.82) is 0 Å². The van der Waals surface area contributed by atoms with E-state index in [1.165, 1.54) is 22.6 Å². The van der Waals surface area contributed by atoms with Gasteiger partial charge in [0, 0.05) is 0 Å². The quantitative estimate of drug-likeness (QED) is 0.345. The van der Waals surface area contributed by atoms with E-state index in [-0.39, 0.29) is 3.57 Å². The summed E-state index contributed by atoms with van der Waals surface area (Å²) < 4.78 is 42.5. The van der Waals surface area contributed by atoms with Crippen LogP contribution in [0.15, 0.2) is 12.1 Å². The standard InChI is InChI=1S/C9H5F3INO4/c1-18-8(15)4-2-3-5(13)7(14(16)17)6(4)9(10,11)12/h2-3H,1H3. The van der Waals surface area contributed by atoms with Gasteiger partial charge in [-0.25, -0.2) is 4.79 Å². The first-order chi connectivity index (χ1) is 8.20. The molecular weight excluding hydrogens is 370 g/mol. The molecule has 5 nitrogen and oxygen atoms in total. The Bertz CT molecular complexity index is 515. The normalized spacial score (nSPS) is 11.2. The average molecular weight is 375 g/mol. The van der Waals surface area contributed by atoms with Crippen molar-refractivity contribution in [3.8, 4) is 0 Å². The highest BCUT2D eigenvalue weighted by molar-refractivity contribution is 14.1. The minimum absolute atomic E-state index is 0.211. The predicted molar refractivity (Wildman–Crippen MR) is 62.2 cm³/mol. The lowest BCUT2D eigenvalue weighted by molar-refractivity contribution is -0.389. The second-order valence-corrected chi connectivity index (χ2v) is 4.23. The number of rotatable bonds is 2. The van der Waals surface area contributed by atoms with Gasteiger partial charge in [0.15, 0.2) is 0 Å². The molecule has 18 heavy (non-hydrogen) atoms. The zero-order valence-corrected chi connectivity index (χ0v) is 10.9. The first-order valence-electron chi connectivity index (χ1n) is 4.32. The summed E-state index contributed by atoms with van der Waals surface area (Å²) in [7, 11) is 0.895. The fourth-order valence-electron chi connectivity index (χ4n) is 1.31. The Hall–Kier alpha value is -1.39. The van der Waals surface area contributed by atoms with Crippen LogP contribution < -0.4 is 0 Å². The number of alkyl halides is 3. The number of hydrogen-bond donors (Lipinski definition) is 0. The molecule has 0 N–H and O–H groups in total. The lowest BCUT2D eigenvalue weighted by atomic mass is 10.1. The fraction of sp³-hybridized carbons (Fsp3) is 0.222. The Labute approximate surface area is 112 Å². The summed E-state index contributed by atoms with van der Waals surface area (Å²) >= 11 is 1.40. The van der Waals surface area contributed by atoms with Crippen LogP contribution in [0.5, 0.6) is 0 Å². The Kier molecular flexibility index (Phi) is 4.14. The average Bonchev–Trinajstić information content (AvgIpc) is 2.25. The highest BCUT2D eigenvalue weighted by atomic mass is 127. The zero-order valence-electron chi connectivity index (χ0n) is 8.75. The number of ether oxygens (including phenoxy) is 1. The molecule has 1 aromatic rings. The van der Waals surface area contributed by atoms with E-state index >= 15 is 0 Å². The number of esters is 1. The van der Waals surface area contributed by atoms with Gasteiger partial charge in [-0.05, 0) is 34.7 Å². The summed E-state index contributed by atoms with van der Waals surface area (Å²) in [6, 6.07) is 1.91. The number of carbonyl (C=O) groups is 1. The molecule has 0 fully saturated rings. The Morgan fingerprint density at radius 1 is 1.44 bits per heavy atom. The summed E-state index contributed by atoms with van der Waals surface area (Å²) in [4.78, 5) is 20.8. The fourth-order valence-corrected chi connectivity index (χ4v) is 1.96. The SMILES string of the molecule is COC(=O)c1ccc(I)c([N+](=O)[O-])c1C(F)(F)F. The Balaban J connectivity index is 3.71. The van der Waals surface area contributed by atoms with Crippen molar-refractivity contribution >= 4 is 34.2 Å². The molecule has 0 aliphatic heterocycles. The summed E-state index contributed by atoms with van der Waals surface area (Å²) in [5.41, 5.74) is -3.62. The number of methoxy groups -OCH3 is 1. The van der Waals surface area contributed by atoms with Gasteiger partial charge in [0.2, 0.25) is 0 Å². The minimum atomic E-state index is -5.02. The van der Waals surface area contributed by atoms with Gasteiger partial charge in [-0.3, -0.25) is 10.1 Å². The molecule has 0 spiro atoms. The van der Waals surface area contributed by atoms with Gasteiger partial charge in [0.1, 0.15) is 5.56 Å². The van der Waals surface area contributed by atoms with Gasteiger partial charge in [-0.15, -0.1) is 0 Å². The maximum absolute atomic E-state index is 12.8. The topological polar surface area (TPSA) is 69.4 Å². The highest BCUT2D eigenvalue weighted by Gasteiger charge is 2.44. The van der Waals surface area contributed by atoms with Gasteiger partial charge < -0.3 is 4.74 Å². The minimum Gasteiger partial charge on any atom is -0.465 e. The molecule has 0 heterocycles. The Morgan fingerprint density at radius 3 is 2.39 bits per heavy atom. The number of carbonyl (C=O) groups excluding carboxylic acids is 1. The smallest absolute Gasteiger partial charge is 0.423 e. The summed E-state index contributed by atoms with van der Waals surface area (Å²) in [5, 5.41) is 10.7. The molecule has 0 aromatic heterocycles. The second-order valence-electron chi connectivity index (χ2n) is 3.07. The molecule has 1 rings (SSSR count). The van der Waals surface area contributed by atoms with Crippen LogP contribution in [0.3, 0.4) is 0 Å². The number of nitro groups is 1. The molecule has 98 valence electrons. The van der Waals surface area contributed by atoms with Crippen molar-refractivity contribution < 1.29 is 27.6 Å². The third-order valence-electron chi connectivity index (χ3n) is 2.00. The second kappa shape index (κ2) is 5.08. The number of nitro benzene ring substituents is 1. The first-order valence-corrected chi connectivity index (χ1v) is 5.40. The zero-order chi connectivity index (χ0) is 14.1. The molecule has 0 radical (unpaired) electrons. The van der Waals surface area contributed by atoms with Crippen LogP contribution in [0.2, 0.25) is 0 Å². The van der Waals surface area contributed by atoms with Gasteiger partial charge >= 0.3 is 12.1 Å². The molecule has 1 aromatic carbocycles. The van der Waals surface area contributed by atoms with Gasteiger partial charge in [-0.1, -0.05) is 0 Å². The molecule has 0 unspecified atom stereocenters. The van der Waals surface area contributed by atoms with Gasteiger partial charge in [0.05, 0.1) is 21.2 Å². The monoisotopic (exact) mass is 375 g/mol. The lowest BCUT2D eigenvalue weighted by Crippen LogP contribution is -2.17. The molecule has 0 aliphatic carbocycles. The maximum atomic E-state index is 12.8. The van der Waals surface area contributed by atoms with Crippen molar-refractivity contribution in [1.82, 2.24) is 0 Å². The number of benzene rings is 1. The number of hydrogen-bond acceptors (Lipinski definition) is 4. The molecule has 0 saturated carbocycles. The van der Waals surface area contributed by atoms with Crippen LogP contribution in [0.25, 0.3) is 0 Å². The van der Waals surface area contributed by atoms with Crippen LogP contribution in [0.1, 0.15) is 15.9 Å². The lowest BCUT2D eigenvalue weighted by Gasteiger charge is -2.12. The summed E-state index contributed by atoms with van der Waals surface area (Å²) in [5.74, 6) is -1.28. The first kappa shape index (κ1) is 14.7. The van der Waals surface area contributed by atoms with Gasteiger partial charge in [-0.2, -0.15) is 13.2 Å². The number of halogens is 4. The molecule has 0 amide bonds. The van der Waals surface area contributed by atoms with Crippen molar-refractivity contribution in [2.45, 2.75) is 6.18 Å². The van der Waals surface area contributed by atoms with E-state index in [1.54, 1.807) is 0 Å². The van der Waals surface area contributed by atoms with Crippen molar-refractivity contribution in [3.63, 3.8) is 0 Å². The van der Waals surface area contributed by atoms with E-state index < -0.39 is 33.9 Å². The molecule has 0 bridgehead atoms. The van der Waals surface area contributed by atoms with Crippen molar-refractivity contribution in [3.05, 3.63) is 36.9 Å². The van der Waals surface area contributed by atoms with E-state index in [9.17, 15) is 28.1 Å². The molecule has 9 heteroatoms. The third-order valence-corrected chi connectivity index (χ3v) is 2.87. The van der Waals surface area contributed by atoms with E-state index in [4.69, 9.17) is 0 Å². The third kappa shape index (κ3) is 2.71. The van der Waals surface area contributed by atoms with Crippen molar-refractivity contribution in [2.75, 3.05) is 7.11 Å².